The largest absolute Gasteiger partial charge is 0.495 e. The standard InChI is InChI=1S/C32H23ClN4O4S2/c1-41-29-19-25(16-17-26(29)33)43(39,40)36-32-35-28(20-42-32)22-12-14-24(15-13-22)37-30(23-10-6-3-7-11-23)34-27(31(37)38)18-21-8-4-2-5-9-21/h2-20H,1H3,(H,35,36)/b27-18-. The van der Waals surface area contributed by atoms with Crippen LogP contribution in [0.3, 0.4) is 0 Å². The highest BCUT2D eigenvalue weighted by molar-refractivity contribution is 7.93. The summed E-state index contributed by atoms with van der Waals surface area (Å²) in [6.07, 6.45) is 1.78. The Bertz CT molecular complexity index is 1980. The van der Waals surface area contributed by atoms with Crippen LogP contribution in [0.2, 0.25) is 5.02 Å². The van der Waals surface area contributed by atoms with E-state index in [-0.39, 0.29) is 21.7 Å². The van der Waals surface area contributed by atoms with Gasteiger partial charge in [-0.1, -0.05) is 84.4 Å². The van der Waals surface area contributed by atoms with Gasteiger partial charge in [0.2, 0.25) is 0 Å². The zero-order chi connectivity index (χ0) is 30.0. The number of thiazole rings is 1. The molecule has 4 aromatic carbocycles. The number of halogens is 1. The minimum absolute atomic E-state index is 0.00157. The topological polar surface area (TPSA) is 101 Å². The molecule has 0 saturated carbocycles. The number of hydrogen-bond acceptors (Lipinski definition) is 7. The van der Waals surface area contributed by atoms with Gasteiger partial charge in [-0.05, 0) is 35.9 Å². The summed E-state index contributed by atoms with van der Waals surface area (Å²) in [5, 5.41) is 2.27. The Labute approximate surface area is 257 Å². The molecule has 0 bridgehead atoms. The van der Waals surface area contributed by atoms with E-state index in [9.17, 15) is 13.2 Å². The fraction of sp³-hybridized carbons (Fsp3) is 0.0312. The quantitative estimate of drug-likeness (QED) is 0.185. The van der Waals surface area contributed by atoms with Gasteiger partial charge in [-0.3, -0.25) is 14.4 Å². The van der Waals surface area contributed by atoms with Crippen LogP contribution in [0.25, 0.3) is 17.3 Å². The van der Waals surface area contributed by atoms with Crippen LogP contribution in [-0.4, -0.2) is 32.3 Å². The van der Waals surface area contributed by atoms with Crippen molar-refractivity contribution < 1.29 is 17.9 Å². The molecular weight excluding hydrogens is 604 g/mol. The van der Waals surface area contributed by atoms with Crippen LogP contribution in [0.1, 0.15) is 11.1 Å². The van der Waals surface area contributed by atoms with Gasteiger partial charge in [0.25, 0.3) is 15.9 Å². The van der Waals surface area contributed by atoms with Crippen molar-refractivity contribution in [1.82, 2.24) is 4.98 Å². The number of sulfonamides is 1. The van der Waals surface area contributed by atoms with Crippen LogP contribution >= 0.6 is 22.9 Å². The van der Waals surface area contributed by atoms with Gasteiger partial charge in [-0.2, -0.15) is 0 Å². The molecule has 0 spiro atoms. The molecule has 0 fully saturated rings. The van der Waals surface area contributed by atoms with Crippen molar-refractivity contribution in [2.24, 2.45) is 4.99 Å². The number of anilines is 2. The summed E-state index contributed by atoms with van der Waals surface area (Å²) in [7, 11) is -2.50. The van der Waals surface area contributed by atoms with Gasteiger partial charge in [0, 0.05) is 22.6 Å². The molecule has 2 heterocycles. The molecule has 1 N–H and O–H groups in total. The van der Waals surface area contributed by atoms with E-state index in [1.54, 1.807) is 16.4 Å². The number of aliphatic imine (C=N–C) groups is 1. The van der Waals surface area contributed by atoms with E-state index in [0.717, 1.165) is 28.0 Å². The Morgan fingerprint density at radius 2 is 1.60 bits per heavy atom. The molecule has 214 valence electrons. The lowest BCUT2D eigenvalue weighted by Gasteiger charge is -2.19. The number of nitrogens with zero attached hydrogens (tertiary/aromatic N) is 3. The number of benzene rings is 4. The third kappa shape index (κ3) is 5.94. The molecule has 0 unspecified atom stereocenters. The van der Waals surface area contributed by atoms with Crippen molar-refractivity contribution in [2.75, 3.05) is 16.7 Å². The maximum Gasteiger partial charge on any atom is 0.282 e. The second-order valence-corrected chi connectivity index (χ2v) is 12.3. The normalized spacial score (nSPS) is 14.2. The monoisotopic (exact) mass is 626 g/mol. The first-order chi connectivity index (χ1) is 20.8. The van der Waals surface area contributed by atoms with E-state index in [1.807, 2.05) is 84.9 Å². The van der Waals surface area contributed by atoms with Crippen LogP contribution < -0.4 is 14.4 Å². The number of aromatic nitrogens is 1. The highest BCUT2D eigenvalue weighted by Crippen LogP contribution is 2.33. The molecule has 0 aliphatic carbocycles. The van der Waals surface area contributed by atoms with Crippen molar-refractivity contribution in [3.63, 3.8) is 0 Å². The predicted octanol–water partition coefficient (Wildman–Crippen LogP) is 7.11. The maximum atomic E-state index is 13.6. The van der Waals surface area contributed by atoms with Crippen LogP contribution in [0.15, 0.2) is 124 Å². The Morgan fingerprint density at radius 1 is 0.907 bits per heavy atom. The molecule has 43 heavy (non-hydrogen) atoms. The van der Waals surface area contributed by atoms with E-state index in [1.165, 1.54) is 25.3 Å². The zero-order valence-electron chi connectivity index (χ0n) is 22.6. The van der Waals surface area contributed by atoms with Crippen LogP contribution in [-0.2, 0) is 14.8 Å². The van der Waals surface area contributed by atoms with Crippen molar-refractivity contribution in [3.8, 4) is 17.0 Å². The first kappa shape index (κ1) is 28.4. The van der Waals surface area contributed by atoms with Crippen molar-refractivity contribution in [1.29, 1.82) is 0 Å². The van der Waals surface area contributed by atoms with Gasteiger partial charge in [-0.15, -0.1) is 11.3 Å². The van der Waals surface area contributed by atoms with Crippen molar-refractivity contribution in [3.05, 3.63) is 130 Å². The Morgan fingerprint density at radius 3 is 2.30 bits per heavy atom. The molecule has 0 saturated heterocycles. The summed E-state index contributed by atoms with van der Waals surface area (Å²) in [6, 6.07) is 30.6. The molecule has 6 rings (SSSR count). The minimum atomic E-state index is -3.92. The molecule has 5 aromatic rings. The summed E-state index contributed by atoms with van der Waals surface area (Å²) in [6.45, 7) is 0. The van der Waals surface area contributed by atoms with Crippen LogP contribution in [0.5, 0.6) is 5.75 Å². The number of ether oxygens (including phenoxy) is 1. The number of nitrogens with one attached hydrogen (secondary N) is 1. The summed E-state index contributed by atoms with van der Waals surface area (Å²) < 4.78 is 33.5. The summed E-state index contributed by atoms with van der Waals surface area (Å²) in [4.78, 5) is 24.4. The fourth-order valence-electron chi connectivity index (χ4n) is 4.46. The lowest BCUT2D eigenvalue weighted by molar-refractivity contribution is -0.113. The van der Waals surface area contributed by atoms with Crippen LogP contribution in [0, 0.1) is 0 Å². The van der Waals surface area contributed by atoms with Gasteiger partial charge >= 0.3 is 0 Å². The molecular formula is C32H23ClN4O4S2. The van der Waals surface area contributed by atoms with E-state index in [0.29, 0.717) is 27.9 Å². The highest BCUT2D eigenvalue weighted by atomic mass is 35.5. The van der Waals surface area contributed by atoms with Crippen LogP contribution in [0.4, 0.5) is 10.8 Å². The summed E-state index contributed by atoms with van der Waals surface area (Å²) >= 11 is 7.19. The number of carbonyl (C=O) groups excluding carboxylic acids is 1. The molecule has 1 amide bonds. The Balaban J connectivity index is 1.26. The SMILES string of the molecule is COc1cc(S(=O)(=O)Nc2nc(-c3ccc(N4C(=O)/C(=C/c5ccccc5)N=C4c4ccccc4)cc3)cs2)ccc1Cl. The van der Waals surface area contributed by atoms with E-state index < -0.39 is 10.0 Å². The molecule has 1 aliphatic heterocycles. The smallest absolute Gasteiger partial charge is 0.282 e. The fourth-order valence-corrected chi connectivity index (χ4v) is 6.64. The number of amidine groups is 1. The van der Waals surface area contributed by atoms with Gasteiger partial charge < -0.3 is 4.74 Å². The predicted molar refractivity (Wildman–Crippen MR) is 171 cm³/mol. The maximum absolute atomic E-state index is 13.6. The lowest BCUT2D eigenvalue weighted by Crippen LogP contribution is -2.32. The van der Waals surface area contributed by atoms with E-state index >= 15 is 0 Å². The molecule has 0 atom stereocenters. The number of rotatable bonds is 8. The van der Waals surface area contributed by atoms with Crippen molar-refractivity contribution >= 4 is 61.6 Å². The summed E-state index contributed by atoms with van der Waals surface area (Å²) in [5.74, 6) is 0.549. The third-order valence-electron chi connectivity index (χ3n) is 6.58. The van der Waals surface area contributed by atoms with Gasteiger partial charge in [0.15, 0.2) is 5.13 Å². The average Bonchev–Trinajstić information content (AvgIpc) is 3.62. The first-order valence-electron chi connectivity index (χ1n) is 13.0. The zero-order valence-corrected chi connectivity index (χ0v) is 25.0. The number of amides is 1. The second-order valence-electron chi connectivity index (χ2n) is 9.37. The van der Waals surface area contributed by atoms with Crippen molar-refractivity contribution in [2.45, 2.75) is 4.90 Å². The lowest BCUT2D eigenvalue weighted by atomic mass is 10.1. The number of hydrogen-bond donors (Lipinski definition) is 1. The van der Waals surface area contributed by atoms with Gasteiger partial charge in [-0.25, -0.2) is 18.4 Å². The Hall–Kier alpha value is -4.77. The summed E-state index contributed by atoms with van der Waals surface area (Å²) in [5.41, 5.74) is 4.00. The number of methoxy groups -OCH3 is 1. The Kier molecular flexibility index (Phi) is 7.81. The van der Waals surface area contributed by atoms with E-state index in [4.69, 9.17) is 21.3 Å². The second kappa shape index (κ2) is 11.8. The molecule has 1 aromatic heterocycles. The molecule has 1 aliphatic rings. The van der Waals surface area contributed by atoms with Gasteiger partial charge in [0.1, 0.15) is 17.3 Å². The average molecular weight is 627 g/mol. The van der Waals surface area contributed by atoms with E-state index in [2.05, 4.69) is 9.71 Å². The number of carbonyl (C=O) groups is 1. The molecule has 8 nitrogen and oxygen atoms in total. The first-order valence-corrected chi connectivity index (χ1v) is 15.7. The molecule has 0 radical (unpaired) electrons. The highest BCUT2D eigenvalue weighted by Gasteiger charge is 2.32. The molecule has 11 heteroatoms. The van der Waals surface area contributed by atoms with Gasteiger partial charge in [0.05, 0.1) is 28.4 Å². The third-order valence-corrected chi connectivity index (χ3v) is 9.11. The minimum Gasteiger partial charge on any atom is -0.495 e.